The Kier molecular flexibility index (Phi) is 5.92. The van der Waals surface area contributed by atoms with Crippen molar-refractivity contribution in [2.24, 2.45) is 0 Å². The number of nitrogens with zero attached hydrogens (tertiary/aromatic N) is 5. The minimum absolute atomic E-state index is 0.0648. The Hall–Kier alpha value is -2.65. The molecule has 4 rings (SSSR count). The van der Waals surface area contributed by atoms with E-state index in [1.807, 2.05) is 24.4 Å². The molecule has 3 heterocycles. The Bertz CT molecular complexity index is 1220. The van der Waals surface area contributed by atoms with E-state index < -0.39 is 0 Å². The summed E-state index contributed by atoms with van der Waals surface area (Å²) in [6.07, 6.45) is 1.50. The van der Waals surface area contributed by atoms with Gasteiger partial charge in [0.15, 0.2) is 22.0 Å². The van der Waals surface area contributed by atoms with Gasteiger partial charge in [-0.1, -0.05) is 17.8 Å². The van der Waals surface area contributed by atoms with Gasteiger partial charge >= 0.3 is 0 Å². The number of fused-ring (bicyclic) bond motifs is 1. The lowest BCUT2D eigenvalue weighted by Crippen LogP contribution is -2.13. The standard InChI is InChI=1S/C21H23N5O2S2/c1-5-25-19(15(4)28-17-9-13(2)8-14(3)10-17)23-24-21(25)30-12-16-11-18(27)26-6-7-29-20(26)22-16/h6-11,15H,5,12H2,1-4H3. The number of thiazole rings is 1. The van der Waals surface area contributed by atoms with Crippen LogP contribution < -0.4 is 10.3 Å². The second kappa shape index (κ2) is 8.61. The van der Waals surface area contributed by atoms with Gasteiger partial charge in [-0.2, -0.15) is 0 Å². The van der Waals surface area contributed by atoms with Crippen molar-refractivity contribution in [3.05, 3.63) is 68.8 Å². The summed E-state index contributed by atoms with van der Waals surface area (Å²) in [5, 5.41) is 11.4. The van der Waals surface area contributed by atoms with Crippen molar-refractivity contribution < 1.29 is 4.74 Å². The minimum atomic E-state index is -0.238. The normalized spacial score (nSPS) is 12.4. The molecule has 0 amide bonds. The van der Waals surface area contributed by atoms with Crippen LogP contribution in [-0.2, 0) is 12.3 Å². The molecule has 1 atom stereocenters. The van der Waals surface area contributed by atoms with Crippen molar-refractivity contribution in [1.82, 2.24) is 24.1 Å². The monoisotopic (exact) mass is 441 g/mol. The van der Waals surface area contributed by atoms with Gasteiger partial charge in [0.25, 0.3) is 5.56 Å². The van der Waals surface area contributed by atoms with Gasteiger partial charge in [-0.25, -0.2) is 4.98 Å². The molecule has 9 heteroatoms. The molecule has 0 fully saturated rings. The highest BCUT2D eigenvalue weighted by atomic mass is 32.2. The van der Waals surface area contributed by atoms with E-state index in [9.17, 15) is 4.79 Å². The topological polar surface area (TPSA) is 74.3 Å². The van der Waals surface area contributed by atoms with Gasteiger partial charge in [-0.05, 0) is 51.0 Å². The lowest BCUT2D eigenvalue weighted by atomic mass is 10.1. The van der Waals surface area contributed by atoms with Gasteiger partial charge in [0.1, 0.15) is 5.75 Å². The van der Waals surface area contributed by atoms with Gasteiger partial charge in [-0.15, -0.1) is 21.5 Å². The first-order valence-corrected chi connectivity index (χ1v) is 11.6. The summed E-state index contributed by atoms with van der Waals surface area (Å²) >= 11 is 2.97. The smallest absolute Gasteiger partial charge is 0.258 e. The molecule has 0 aliphatic carbocycles. The van der Waals surface area contributed by atoms with Crippen molar-refractivity contribution in [2.45, 2.75) is 51.3 Å². The summed E-state index contributed by atoms with van der Waals surface area (Å²) in [7, 11) is 0. The number of thioether (sulfide) groups is 1. The SMILES string of the molecule is CCn1c(SCc2cc(=O)n3ccsc3n2)nnc1C(C)Oc1cc(C)cc(C)c1. The zero-order valence-corrected chi connectivity index (χ0v) is 19.0. The highest BCUT2D eigenvalue weighted by Gasteiger charge is 2.19. The zero-order chi connectivity index (χ0) is 21.3. The van der Waals surface area contributed by atoms with Crippen LogP contribution in [-0.4, -0.2) is 24.1 Å². The maximum absolute atomic E-state index is 12.2. The summed E-state index contributed by atoms with van der Waals surface area (Å²) in [6.45, 7) is 8.88. The molecule has 0 aliphatic heterocycles. The lowest BCUT2D eigenvalue weighted by molar-refractivity contribution is 0.209. The summed E-state index contributed by atoms with van der Waals surface area (Å²) in [6, 6.07) is 7.74. The first kappa shape index (κ1) is 20.6. The van der Waals surface area contributed by atoms with E-state index in [-0.39, 0.29) is 11.7 Å². The predicted molar refractivity (Wildman–Crippen MR) is 120 cm³/mol. The first-order valence-electron chi connectivity index (χ1n) is 9.71. The fraction of sp³-hybridized carbons (Fsp3) is 0.333. The average Bonchev–Trinajstić information content (AvgIpc) is 3.32. The van der Waals surface area contributed by atoms with E-state index in [1.54, 1.807) is 16.7 Å². The molecule has 0 bridgehead atoms. The molecule has 0 spiro atoms. The molecule has 1 unspecified atom stereocenters. The Balaban J connectivity index is 1.51. The summed E-state index contributed by atoms with van der Waals surface area (Å²) in [4.78, 5) is 17.4. The maximum atomic E-state index is 12.2. The third-order valence-electron chi connectivity index (χ3n) is 4.64. The first-order chi connectivity index (χ1) is 14.4. The predicted octanol–water partition coefficient (Wildman–Crippen LogP) is 4.42. The van der Waals surface area contributed by atoms with Gasteiger partial charge in [0.05, 0.1) is 5.69 Å². The summed E-state index contributed by atoms with van der Waals surface area (Å²) in [5.41, 5.74) is 3.00. The fourth-order valence-electron chi connectivity index (χ4n) is 3.36. The summed E-state index contributed by atoms with van der Waals surface area (Å²) in [5.74, 6) is 2.16. The number of aryl methyl sites for hydroxylation is 2. The van der Waals surface area contributed by atoms with E-state index >= 15 is 0 Å². The van der Waals surface area contributed by atoms with E-state index in [1.165, 1.54) is 23.1 Å². The second-order valence-corrected chi connectivity index (χ2v) is 8.91. The van der Waals surface area contributed by atoms with Crippen molar-refractivity contribution in [1.29, 1.82) is 0 Å². The molecule has 0 radical (unpaired) electrons. The Morgan fingerprint density at radius 2 is 1.93 bits per heavy atom. The van der Waals surface area contributed by atoms with Gasteiger partial charge in [-0.3, -0.25) is 9.20 Å². The van der Waals surface area contributed by atoms with E-state index in [0.717, 1.165) is 40.1 Å². The second-order valence-electron chi connectivity index (χ2n) is 7.10. The molecule has 0 aliphatic rings. The third kappa shape index (κ3) is 4.27. The molecular formula is C21H23N5O2S2. The largest absolute Gasteiger partial charge is 0.483 e. The van der Waals surface area contributed by atoms with E-state index in [0.29, 0.717) is 10.7 Å². The Morgan fingerprint density at radius 1 is 1.17 bits per heavy atom. The van der Waals surface area contributed by atoms with Crippen LogP contribution in [0.4, 0.5) is 0 Å². The van der Waals surface area contributed by atoms with Crippen LogP contribution in [0.25, 0.3) is 4.96 Å². The fourth-order valence-corrected chi connectivity index (χ4v) is 5.00. The number of hydrogen-bond acceptors (Lipinski definition) is 7. The van der Waals surface area contributed by atoms with Gasteiger partial charge < -0.3 is 9.30 Å². The third-order valence-corrected chi connectivity index (χ3v) is 6.40. The molecular weight excluding hydrogens is 418 g/mol. The molecule has 0 N–H and O–H groups in total. The van der Waals surface area contributed by atoms with Crippen molar-refractivity contribution in [3.8, 4) is 5.75 Å². The maximum Gasteiger partial charge on any atom is 0.258 e. The van der Waals surface area contributed by atoms with Crippen LogP contribution >= 0.6 is 23.1 Å². The quantitative estimate of drug-likeness (QED) is 0.395. The van der Waals surface area contributed by atoms with E-state index in [4.69, 9.17) is 4.74 Å². The van der Waals surface area contributed by atoms with Crippen LogP contribution in [0.2, 0.25) is 0 Å². The van der Waals surface area contributed by atoms with Gasteiger partial charge in [0, 0.05) is 29.9 Å². The molecule has 7 nitrogen and oxygen atoms in total. The van der Waals surface area contributed by atoms with Crippen LogP contribution in [0.5, 0.6) is 5.75 Å². The van der Waals surface area contributed by atoms with Crippen molar-refractivity contribution in [3.63, 3.8) is 0 Å². The molecule has 0 saturated heterocycles. The van der Waals surface area contributed by atoms with Crippen LogP contribution in [0.1, 0.15) is 42.6 Å². The number of aromatic nitrogens is 5. The molecule has 3 aromatic heterocycles. The zero-order valence-electron chi connectivity index (χ0n) is 17.3. The number of rotatable bonds is 7. The molecule has 156 valence electrons. The molecule has 30 heavy (non-hydrogen) atoms. The van der Waals surface area contributed by atoms with Crippen molar-refractivity contribution in [2.75, 3.05) is 0 Å². The van der Waals surface area contributed by atoms with Gasteiger partial charge in [0.2, 0.25) is 0 Å². The highest BCUT2D eigenvalue weighted by molar-refractivity contribution is 7.98. The molecule has 0 saturated carbocycles. The number of ether oxygens (including phenoxy) is 1. The highest BCUT2D eigenvalue weighted by Crippen LogP contribution is 2.27. The molecule has 4 aromatic rings. The Labute approximate surface area is 182 Å². The minimum Gasteiger partial charge on any atom is -0.483 e. The van der Waals surface area contributed by atoms with Crippen molar-refractivity contribution >= 4 is 28.1 Å². The van der Waals surface area contributed by atoms with E-state index in [2.05, 4.69) is 46.6 Å². The number of benzene rings is 1. The summed E-state index contributed by atoms with van der Waals surface area (Å²) < 4.78 is 9.75. The average molecular weight is 442 g/mol. The van der Waals surface area contributed by atoms with Crippen LogP contribution in [0.3, 0.4) is 0 Å². The Morgan fingerprint density at radius 3 is 2.67 bits per heavy atom. The number of hydrogen-bond donors (Lipinski definition) is 0. The van der Waals surface area contributed by atoms with Crippen LogP contribution in [0, 0.1) is 13.8 Å². The van der Waals surface area contributed by atoms with Crippen LogP contribution in [0.15, 0.2) is 45.8 Å². The lowest BCUT2D eigenvalue weighted by Gasteiger charge is -2.16. The molecule has 1 aromatic carbocycles.